The molecule has 0 spiro atoms. The molecule has 0 fully saturated rings. The molecule has 0 radical (unpaired) electrons. The molecule has 2 nitrogen and oxygen atoms in total. The molecule has 0 saturated heterocycles. The first-order valence-corrected chi connectivity index (χ1v) is 7.26. The van der Waals surface area contributed by atoms with Crippen LogP contribution in [0.3, 0.4) is 0 Å². The van der Waals surface area contributed by atoms with E-state index in [9.17, 15) is 9.50 Å². The molecule has 21 heavy (non-hydrogen) atoms. The van der Waals surface area contributed by atoms with Gasteiger partial charge >= 0.3 is 0 Å². The predicted molar refractivity (Wildman–Crippen MR) is 82.0 cm³/mol. The van der Waals surface area contributed by atoms with Crippen LogP contribution in [-0.4, -0.2) is 11.7 Å². The zero-order valence-electron chi connectivity index (χ0n) is 12.5. The third-order valence-corrected chi connectivity index (χ3v) is 3.45. The highest BCUT2D eigenvalue weighted by molar-refractivity contribution is 5.28. The third-order valence-electron chi connectivity index (χ3n) is 3.45. The topological polar surface area (TPSA) is 29.5 Å². The van der Waals surface area contributed by atoms with E-state index in [0.29, 0.717) is 11.3 Å². The third kappa shape index (κ3) is 4.30. The lowest BCUT2D eigenvalue weighted by Crippen LogP contribution is -2.10. The molecule has 2 rings (SSSR count). The summed E-state index contributed by atoms with van der Waals surface area (Å²) in [6.45, 7) is 3.94. The molecule has 1 N–H and O–H groups in total. The second kappa shape index (κ2) is 7.23. The fraction of sp³-hybridized carbons (Fsp3) is 0.333. The lowest BCUT2D eigenvalue weighted by Gasteiger charge is -2.13. The first-order valence-electron chi connectivity index (χ1n) is 7.26. The molecular weight excluding hydrogens is 267 g/mol. The van der Waals surface area contributed by atoms with Gasteiger partial charge < -0.3 is 9.84 Å². The van der Waals surface area contributed by atoms with Crippen molar-refractivity contribution in [1.82, 2.24) is 0 Å². The van der Waals surface area contributed by atoms with Crippen LogP contribution in [0.15, 0.2) is 42.5 Å². The number of halogens is 1. The van der Waals surface area contributed by atoms with Gasteiger partial charge in [-0.15, -0.1) is 0 Å². The van der Waals surface area contributed by atoms with Crippen LogP contribution in [0.2, 0.25) is 0 Å². The van der Waals surface area contributed by atoms with E-state index < -0.39 is 6.10 Å². The minimum Gasteiger partial charge on any atom is -0.490 e. The summed E-state index contributed by atoms with van der Waals surface area (Å²) in [6.07, 6.45) is 1.42. The van der Waals surface area contributed by atoms with Gasteiger partial charge in [-0.3, -0.25) is 0 Å². The second-order valence-corrected chi connectivity index (χ2v) is 5.23. The summed E-state index contributed by atoms with van der Waals surface area (Å²) >= 11 is 0. The zero-order valence-corrected chi connectivity index (χ0v) is 12.5. The average Bonchev–Trinajstić information content (AvgIpc) is 2.49. The van der Waals surface area contributed by atoms with Crippen LogP contribution in [0, 0.1) is 12.7 Å². The normalized spacial score (nSPS) is 12.2. The summed E-state index contributed by atoms with van der Waals surface area (Å²) in [5.41, 5.74) is 2.65. The lowest BCUT2D eigenvalue weighted by atomic mass is 10.0. The number of aryl methyl sites for hydroxylation is 2. The van der Waals surface area contributed by atoms with Crippen LogP contribution in [0.5, 0.6) is 5.75 Å². The molecule has 0 bridgehead atoms. The Bertz CT molecular complexity index is 578. The molecule has 2 aromatic rings. The molecule has 1 unspecified atom stereocenters. The summed E-state index contributed by atoms with van der Waals surface area (Å²) in [4.78, 5) is 0. The summed E-state index contributed by atoms with van der Waals surface area (Å²) in [7, 11) is 0. The molecule has 0 aliphatic rings. The van der Waals surface area contributed by atoms with Gasteiger partial charge in [0.25, 0.3) is 0 Å². The SMILES string of the molecule is CCCc1ccc(C(O)COc2ccc(C)c(F)c2)cc1. The number of aliphatic hydroxyl groups excluding tert-OH is 1. The monoisotopic (exact) mass is 288 g/mol. The lowest BCUT2D eigenvalue weighted by molar-refractivity contribution is 0.108. The van der Waals surface area contributed by atoms with Crippen molar-refractivity contribution < 1.29 is 14.2 Å². The quantitative estimate of drug-likeness (QED) is 0.863. The van der Waals surface area contributed by atoms with Crippen LogP contribution in [0.1, 0.15) is 36.1 Å². The molecular formula is C18H21FO2. The van der Waals surface area contributed by atoms with E-state index in [1.54, 1.807) is 19.1 Å². The van der Waals surface area contributed by atoms with Gasteiger partial charge in [-0.1, -0.05) is 43.7 Å². The van der Waals surface area contributed by atoms with Gasteiger partial charge in [0.1, 0.15) is 24.3 Å². The minimum absolute atomic E-state index is 0.107. The van der Waals surface area contributed by atoms with Crippen molar-refractivity contribution in [3.05, 3.63) is 65.0 Å². The Labute approximate surface area is 125 Å². The summed E-state index contributed by atoms with van der Waals surface area (Å²) < 4.78 is 18.8. The first-order chi connectivity index (χ1) is 10.1. The van der Waals surface area contributed by atoms with Crippen molar-refractivity contribution in [2.45, 2.75) is 32.8 Å². The molecule has 0 aliphatic carbocycles. The van der Waals surface area contributed by atoms with Gasteiger partial charge in [0.05, 0.1) is 0 Å². The van der Waals surface area contributed by atoms with E-state index in [1.165, 1.54) is 11.6 Å². The van der Waals surface area contributed by atoms with Crippen LogP contribution in [0.25, 0.3) is 0 Å². The molecule has 0 aromatic heterocycles. The first kappa shape index (κ1) is 15.5. The number of ether oxygens (including phenoxy) is 1. The molecule has 0 saturated carbocycles. The second-order valence-electron chi connectivity index (χ2n) is 5.23. The number of hydrogen-bond donors (Lipinski definition) is 1. The minimum atomic E-state index is -0.718. The number of rotatable bonds is 6. The molecule has 0 amide bonds. The van der Waals surface area contributed by atoms with Crippen molar-refractivity contribution in [3.8, 4) is 5.75 Å². The maximum Gasteiger partial charge on any atom is 0.129 e. The Morgan fingerprint density at radius 1 is 1.14 bits per heavy atom. The number of aliphatic hydroxyl groups is 1. The van der Waals surface area contributed by atoms with Crippen molar-refractivity contribution in [2.75, 3.05) is 6.61 Å². The molecule has 1 atom stereocenters. The Hall–Kier alpha value is -1.87. The van der Waals surface area contributed by atoms with Crippen molar-refractivity contribution >= 4 is 0 Å². The zero-order chi connectivity index (χ0) is 15.2. The number of hydrogen-bond acceptors (Lipinski definition) is 2. The van der Waals surface area contributed by atoms with E-state index in [0.717, 1.165) is 18.4 Å². The van der Waals surface area contributed by atoms with Gasteiger partial charge in [0.2, 0.25) is 0 Å². The van der Waals surface area contributed by atoms with E-state index in [-0.39, 0.29) is 12.4 Å². The fourth-order valence-corrected chi connectivity index (χ4v) is 2.13. The highest BCUT2D eigenvalue weighted by Gasteiger charge is 2.09. The summed E-state index contributed by atoms with van der Waals surface area (Å²) in [5.74, 6) is 0.130. The van der Waals surface area contributed by atoms with Crippen LogP contribution in [0.4, 0.5) is 4.39 Å². The van der Waals surface area contributed by atoms with Gasteiger partial charge in [-0.25, -0.2) is 4.39 Å². The van der Waals surface area contributed by atoms with Gasteiger partial charge in [0, 0.05) is 6.07 Å². The maximum atomic E-state index is 13.4. The van der Waals surface area contributed by atoms with E-state index in [2.05, 4.69) is 6.92 Å². The van der Waals surface area contributed by atoms with Gasteiger partial charge in [-0.2, -0.15) is 0 Å². The largest absolute Gasteiger partial charge is 0.490 e. The van der Waals surface area contributed by atoms with E-state index in [1.807, 2.05) is 24.3 Å². The van der Waals surface area contributed by atoms with Crippen molar-refractivity contribution in [3.63, 3.8) is 0 Å². The van der Waals surface area contributed by atoms with Crippen LogP contribution < -0.4 is 4.74 Å². The molecule has 112 valence electrons. The van der Waals surface area contributed by atoms with Crippen LogP contribution >= 0.6 is 0 Å². The average molecular weight is 288 g/mol. The Morgan fingerprint density at radius 2 is 1.86 bits per heavy atom. The summed E-state index contributed by atoms with van der Waals surface area (Å²) in [6, 6.07) is 12.6. The molecule has 2 aromatic carbocycles. The molecule has 0 aliphatic heterocycles. The van der Waals surface area contributed by atoms with Crippen LogP contribution in [-0.2, 0) is 6.42 Å². The van der Waals surface area contributed by atoms with Crippen molar-refractivity contribution in [2.24, 2.45) is 0 Å². The van der Waals surface area contributed by atoms with Gasteiger partial charge in [-0.05, 0) is 36.1 Å². The number of benzene rings is 2. The molecule has 0 heterocycles. The molecule has 3 heteroatoms. The highest BCUT2D eigenvalue weighted by atomic mass is 19.1. The standard InChI is InChI=1S/C18H21FO2/c1-3-4-14-6-8-15(9-7-14)18(20)12-21-16-10-5-13(2)17(19)11-16/h5-11,18,20H,3-4,12H2,1-2H3. The van der Waals surface area contributed by atoms with E-state index >= 15 is 0 Å². The van der Waals surface area contributed by atoms with Crippen molar-refractivity contribution in [1.29, 1.82) is 0 Å². The highest BCUT2D eigenvalue weighted by Crippen LogP contribution is 2.19. The maximum absolute atomic E-state index is 13.4. The smallest absolute Gasteiger partial charge is 0.129 e. The Morgan fingerprint density at radius 3 is 2.48 bits per heavy atom. The fourth-order valence-electron chi connectivity index (χ4n) is 2.13. The predicted octanol–water partition coefficient (Wildman–Crippen LogP) is 4.20. The Kier molecular flexibility index (Phi) is 5.34. The van der Waals surface area contributed by atoms with Gasteiger partial charge in [0.15, 0.2) is 0 Å². The Balaban J connectivity index is 1.94. The summed E-state index contributed by atoms with van der Waals surface area (Å²) in [5, 5.41) is 10.1. The van der Waals surface area contributed by atoms with E-state index in [4.69, 9.17) is 4.74 Å².